The predicted molar refractivity (Wildman–Crippen MR) is 96.6 cm³/mol. The topological polar surface area (TPSA) is 113 Å². The van der Waals surface area contributed by atoms with Crippen LogP contribution in [-0.2, 0) is 9.59 Å². The number of hydrogen-bond acceptors (Lipinski definition) is 6. The number of phenols is 1. The van der Waals surface area contributed by atoms with Crippen LogP contribution in [0.15, 0.2) is 33.9 Å². The van der Waals surface area contributed by atoms with Crippen molar-refractivity contribution in [2.24, 2.45) is 40.6 Å². The molecule has 1 aliphatic heterocycles. The van der Waals surface area contributed by atoms with Crippen molar-refractivity contribution in [3.8, 4) is 5.75 Å². The summed E-state index contributed by atoms with van der Waals surface area (Å²) in [5.41, 5.74) is -0.188. The van der Waals surface area contributed by atoms with Crippen LogP contribution < -0.4 is 0 Å². The zero-order valence-corrected chi connectivity index (χ0v) is 15.4. The molecule has 4 aliphatic carbocycles. The first kappa shape index (κ1) is 16.6. The van der Waals surface area contributed by atoms with Crippen molar-refractivity contribution in [1.82, 2.24) is 5.01 Å². The fourth-order valence-electron chi connectivity index (χ4n) is 4.98. The van der Waals surface area contributed by atoms with E-state index in [1.165, 1.54) is 6.07 Å². The second-order valence-electron chi connectivity index (χ2n) is 7.51. The van der Waals surface area contributed by atoms with E-state index in [4.69, 9.17) is 0 Å². The summed E-state index contributed by atoms with van der Waals surface area (Å²) in [7, 11) is 0. The Bertz CT molecular complexity index is 938. The fourth-order valence-corrected chi connectivity index (χ4v) is 5.45. The number of halogens is 1. The van der Waals surface area contributed by atoms with Gasteiger partial charge in [-0.25, -0.2) is 0 Å². The van der Waals surface area contributed by atoms with E-state index in [-0.39, 0.29) is 57.0 Å². The van der Waals surface area contributed by atoms with E-state index in [0.29, 0.717) is 11.8 Å². The number of carbonyl (C=O) groups excluding carboxylic acids is 2. The molecule has 27 heavy (non-hydrogen) atoms. The fraction of sp³-hybridized carbons (Fsp3) is 0.389. The smallest absolute Gasteiger partial charge is 0.271 e. The molecule has 1 aromatic carbocycles. The highest BCUT2D eigenvalue weighted by molar-refractivity contribution is 9.10. The van der Waals surface area contributed by atoms with Crippen LogP contribution in [0.1, 0.15) is 12.0 Å². The van der Waals surface area contributed by atoms with Crippen molar-refractivity contribution in [3.63, 3.8) is 0 Å². The minimum atomic E-state index is -0.599. The van der Waals surface area contributed by atoms with Gasteiger partial charge in [0.2, 0.25) is 0 Å². The van der Waals surface area contributed by atoms with Crippen molar-refractivity contribution in [2.75, 3.05) is 0 Å². The maximum absolute atomic E-state index is 12.8. The van der Waals surface area contributed by atoms with E-state index in [1.54, 1.807) is 0 Å². The number of rotatable bonds is 3. The molecule has 8 nitrogen and oxygen atoms in total. The first-order valence-corrected chi connectivity index (χ1v) is 9.45. The summed E-state index contributed by atoms with van der Waals surface area (Å²) >= 11 is 3.06. The Balaban J connectivity index is 1.47. The molecule has 2 bridgehead atoms. The Morgan fingerprint density at radius 1 is 1.19 bits per heavy atom. The van der Waals surface area contributed by atoms with E-state index >= 15 is 0 Å². The number of nitro groups is 1. The van der Waals surface area contributed by atoms with Gasteiger partial charge < -0.3 is 5.11 Å². The quantitative estimate of drug-likeness (QED) is 0.259. The number of non-ortho nitro benzene ring substituents is 1. The number of nitro benzene ring substituents is 1. The molecular formula is C18H14BrN3O5. The molecule has 6 rings (SSSR count). The minimum absolute atomic E-state index is 0.0514. The van der Waals surface area contributed by atoms with Crippen LogP contribution in [0.3, 0.4) is 0 Å². The van der Waals surface area contributed by atoms with Crippen molar-refractivity contribution in [1.29, 1.82) is 0 Å². The van der Waals surface area contributed by atoms with Crippen LogP contribution in [0.2, 0.25) is 0 Å². The molecule has 138 valence electrons. The summed E-state index contributed by atoms with van der Waals surface area (Å²) in [6.45, 7) is 0. The molecule has 2 amide bonds. The van der Waals surface area contributed by atoms with Gasteiger partial charge in [-0.1, -0.05) is 12.2 Å². The summed E-state index contributed by atoms with van der Waals surface area (Å²) in [5, 5.41) is 26.0. The highest BCUT2D eigenvalue weighted by Gasteiger charge is 2.67. The van der Waals surface area contributed by atoms with Gasteiger partial charge in [0, 0.05) is 17.7 Å². The van der Waals surface area contributed by atoms with Crippen molar-refractivity contribution >= 4 is 39.6 Å². The Morgan fingerprint density at radius 2 is 1.78 bits per heavy atom. The number of carbonyl (C=O) groups is 2. The molecule has 0 spiro atoms. The number of amides is 2. The van der Waals surface area contributed by atoms with E-state index in [9.17, 15) is 24.8 Å². The Labute approximate surface area is 161 Å². The number of hydrazone groups is 1. The molecule has 1 aromatic rings. The van der Waals surface area contributed by atoms with E-state index in [2.05, 4.69) is 33.2 Å². The number of allylic oxidation sites excluding steroid dienone is 2. The number of phenolic OH excluding ortho intramolecular Hbond substituents is 1. The largest absolute Gasteiger partial charge is 0.506 e. The van der Waals surface area contributed by atoms with Crippen LogP contribution in [0.4, 0.5) is 5.69 Å². The van der Waals surface area contributed by atoms with E-state index in [1.807, 2.05) is 0 Å². The van der Waals surface area contributed by atoms with Crippen LogP contribution in [0, 0.1) is 45.6 Å². The molecule has 3 fully saturated rings. The average molecular weight is 432 g/mol. The molecule has 1 N–H and O–H groups in total. The number of hydrogen-bond donors (Lipinski definition) is 1. The third-order valence-electron chi connectivity index (χ3n) is 6.24. The Kier molecular flexibility index (Phi) is 3.37. The van der Waals surface area contributed by atoms with Crippen molar-refractivity contribution in [2.45, 2.75) is 6.42 Å². The molecule has 0 radical (unpaired) electrons. The van der Waals surface area contributed by atoms with Gasteiger partial charge in [-0.2, -0.15) is 10.1 Å². The highest BCUT2D eigenvalue weighted by atomic mass is 79.9. The van der Waals surface area contributed by atoms with Crippen LogP contribution in [-0.4, -0.2) is 33.1 Å². The molecule has 9 heteroatoms. The number of imide groups is 1. The highest BCUT2D eigenvalue weighted by Crippen LogP contribution is 2.65. The summed E-state index contributed by atoms with van der Waals surface area (Å²) < 4.78 is 0.133. The van der Waals surface area contributed by atoms with Gasteiger partial charge in [-0.05, 0) is 46.0 Å². The molecular weight excluding hydrogens is 418 g/mol. The molecule has 1 heterocycles. The van der Waals surface area contributed by atoms with Gasteiger partial charge in [0.1, 0.15) is 5.75 Å². The first-order valence-electron chi connectivity index (χ1n) is 8.65. The van der Waals surface area contributed by atoms with Crippen LogP contribution in [0.5, 0.6) is 5.75 Å². The zero-order valence-electron chi connectivity index (χ0n) is 13.9. The van der Waals surface area contributed by atoms with Gasteiger partial charge in [0.05, 0.1) is 27.4 Å². The lowest BCUT2D eigenvalue weighted by atomic mass is 9.63. The maximum Gasteiger partial charge on any atom is 0.271 e. The standard InChI is InChI=1S/C18H14BrN3O5/c19-13-4-8(22(26)27)3-7(16(13)23)6-20-21-17(24)14-9-1-2-10(12-5-11(9)12)15(14)18(21)25/h1-4,6,9-12,14-15,23H,5H2/t9-,10-,11-,12+,14+,15+/m0/s1. The second kappa shape index (κ2) is 5.48. The molecule has 6 atom stereocenters. The maximum atomic E-state index is 12.8. The van der Waals surface area contributed by atoms with Crippen molar-refractivity contribution < 1.29 is 19.6 Å². The Hall–Kier alpha value is -2.55. The predicted octanol–water partition coefficient (Wildman–Crippen LogP) is 2.45. The molecule has 5 aliphatic rings. The minimum Gasteiger partial charge on any atom is -0.506 e. The second-order valence-corrected chi connectivity index (χ2v) is 8.36. The van der Waals surface area contributed by atoms with Gasteiger partial charge >= 0.3 is 0 Å². The monoisotopic (exact) mass is 431 g/mol. The van der Waals surface area contributed by atoms with Gasteiger partial charge in [-0.15, -0.1) is 0 Å². The molecule has 0 aromatic heterocycles. The van der Waals surface area contributed by atoms with E-state index < -0.39 is 4.92 Å². The third-order valence-corrected chi connectivity index (χ3v) is 6.84. The number of aromatic hydroxyl groups is 1. The number of benzene rings is 1. The molecule has 0 unspecified atom stereocenters. The average Bonchev–Trinajstić information content (AvgIpc) is 3.42. The lowest BCUT2D eigenvalue weighted by molar-refractivity contribution is -0.385. The molecule has 2 saturated carbocycles. The molecule has 1 saturated heterocycles. The van der Waals surface area contributed by atoms with Gasteiger partial charge in [0.15, 0.2) is 0 Å². The van der Waals surface area contributed by atoms with Crippen LogP contribution in [0.25, 0.3) is 0 Å². The summed E-state index contributed by atoms with van der Waals surface area (Å²) in [5.74, 6) is -0.423. The number of nitrogens with zero attached hydrogens (tertiary/aromatic N) is 3. The van der Waals surface area contributed by atoms with Crippen molar-refractivity contribution in [3.05, 3.63) is 44.4 Å². The zero-order chi connectivity index (χ0) is 19.0. The third kappa shape index (κ3) is 2.24. The summed E-state index contributed by atoms with van der Waals surface area (Å²) in [6, 6.07) is 2.31. The summed E-state index contributed by atoms with van der Waals surface area (Å²) in [4.78, 5) is 36.1. The van der Waals surface area contributed by atoms with Crippen LogP contribution >= 0.6 is 15.9 Å². The lowest BCUT2D eigenvalue weighted by Crippen LogP contribution is -2.40. The Morgan fingerprint density at radius 3 is 2.33 bits per heavy atom. The van der Waals surface area contributed by atoms with Gasteiger partial charge in [-0.3, -0.25) is 19.7 Å². The lowest BCUT2D eigenvalue weighted by Gasteiger charge is -2.37. The first-order chi connectivity index (χ1) is 12.9. The summed E-state index contributed by atoms with van der Waals surface area (Å²) in [6.07, 6.45) is 6.34. The van der Waals surface area contributed by atoms with E-state index in [0.717, 1.165) is 23.7 Å². The SMILES string of the molecule is O=C1[C@@H]2[C@H]3C=C[C@@H]([C@@H]4C[C@H]34)[C@H]2C(=O)N1N=Cc1cc([N+](=O)[O-])cc(Br)c1O. The van der Waals surface area contributed by atoms with Gasteiger partial charge in [0.25, 0.3) is 17.5 Å². The normalized spacial score (nSPS) is 35.7.